The van der Waals surface area contributed by atoms with Crippen LogP contribution >= 0.6 is 12.4 Å². The van der Waals surface area contributed by atoms with Gasteiger partial charge in [-0.25, -0.2) is 0 Å². The highest BCUT2D eigenvalue weighted by atomic mass is 35.5. The van der Waals surface area contributed by atoms with Crippen LogP contribution < -0.4 is 5.32 Å². The summed E-state index contributed by atoms with van der Waals surface area (Å²) in [4.78, 5) is 24.7. The van der Waals surface area contributed by atoms with Gasteiger partial charge in [0.05, 0.1) is 11.3 Å². The summed E-state index contributed by atoms with van der Waals surface area (Å²) in [7, 11) is 0. The molecule has 2 fully saturated rings. The molecule has 2 heterocycles. The number of non-ortho nitro benzene ring substituents is 1. The lowest BCUT2D eigenvalue weighted by molar-refractivity contribution is -0.384. The molecule has 3 rings (SSSR count). The van der Waals surface area contributed by atoms with Gasteiger partial charge in [0.2, 0.25) is 5.91 Å². The smallest absolute Gasteiger partial charge is 0.269 e. The molecule has 2 aliphatic heterocycles. The zero-order valence-electron chi connectivity index (χ0n) is 13.6. The van der Waals surface area contributed by atoms with Gasteiger partial charge in [0.15, 0.2) is 0 Å². The predicted octanol–water partition coefficient (Wildman–Crippen LogP) is 2.55. The number of benzene rings is 1. The summed E-state index contributed by atoms with van der Waals surface area (Å²) in [5.74, 6) is 0.752. The zero-order valence-corrected chi connectivity index (χ0v) is 14.5. The number of nitro benzene ring substituents is 1. The van der Waals surface area contributed by atoms with Gasteiger partial charge in [0, 0.05) is 31.3 Å². The van der Waals surface area contributed by atoms with Crippen LogP contribution in [-0.4, -0.2) is 41.4 Å². The third kappa shape index (κ3) is 4.45. The Morgan fingerprint density at radius 3 is 2.67 bits per heavy atom. The second kappa shape index (κ2) is 8.44. The number of nitro groups is 1. The molecule has 0 radical (unpaired) electrons. The van der Waals surface area contributed by atoms with Crippen LogP contribution in [0.3, 0.4) is 0 Å². The number of halogens is 1. The van der Waals surface area contributed by atoms with Crippen molar-refractivity contribution < 1.29 is 9.72 Å². The Balaban J connectivity index is 0.00000208. The molecule has 1 N–H and O–H groups in total. The van der Waals surface area contributed by atoms with Crippen LogP contribution in [0.5, 0.6) is 0 Å². The van der Waals surface area contributed by atoms with Gasteiger partial charge in [-0.05, 0) is 43.7 Å². The first kappa shape index (κ1) is 18.7. The zero-order chi connectivity index (χ0) is 16.2. The monoisotopic (exact) mass is 353 g/mol. The molecule has 7 heteroatoms. The molecule has 1 amide bonds. The van der Waals surface area contributed by atoms with Crippen LogP contribution in [0.15, 0.2) is 24.3 Å². The predicted molar refractivity (Wildman–Crippen MR) is 94.4 cm³/mol. The Morgan fingerprint density at radius 2 is 2.04 bits per heavy atom. The second-order valence-electron chi connectivity index (χ2n) is 6.52. The first-order valence-corrected chi connectivity index (χ1v) is 8.38. The maximum atomic E-state index is 12.4. The fourth-order valence-corrected chi connectivity index (χ4v) is 3.73. The summed E-state index contributed by atoms with van der Waals surface area (Å²) in [5.41, 5.74) is 0.755. The quantitative estimate of drug-likeness (QED) is 0.666. The van der Waals surface area contributed by atoms with Crippen molar-refractivity contribution in [3.05, 3.63) is 39.9 Å². The van der Waals surface area contributed by atoms with E-state index in [0.29, 0.717) is 17.5 Å². The number of carbonyl (C=O) groups excluding carboxylic acids is 1. The molecule has 1 unspecified atom stereocenters. The standard InChI is InChI=1S/C17H23N3O3.ClH/c21-17(12-13-3-1-4-15(11-13)20(22)23)19-9-6-14(7-10-19)16-5-2-8-18-16;/h1,3-4,11,14,16,18H,2,5-10,12H2;1H. The Morgan fingerprint density at radius 1 is 1.29 bits per heavy atom. The van der Waals surface area contributed by atoms with Gasteiger partial charge < -0.3 is 10.2 Å². The van der Waals surface area contributed by atoms with Gasteiger partial charge in [0.25, 0.3) is 5.69 Å². The lowest BCUT2D eigenvalue weighted by Gasteiger charge is -2.35. The molecule has 6 nitrogen and oxygen atoms in total. The van der Waals surface area contributed by atoms with Crippen molar-refractivity contribution in [1.29, 1.82) is 0 Å². The molecule has 0 saturated carbocycles. The fourth-order valence-electron chi connectivity index (χ4n) is 3.73. The van der Waals surface area contributed by atoms with Crippen LogP contribution in [0.4, 0.5) is 5.69 Å². The summed E-state index contributed by atoms with van der Waals surface area (Å²) in [6.07, 6.45) is 4.87. The Bertz CT molecular complexity index is 582. The van der Waals surface area contributed by atoms with Gasteiger partial charge in [-0.3, -0.25) is 14.9 Å². The van der Waals surface area contributed by atoms with E-state index in [0.717, 1.165) is 32.5 Å². The molecule has 24 heavy (non-hydrogen) atoms. The Hall–Kier alpha value is -1.66. The van der Waals surface area contributed by atoms with E-state index in [1.165, 1.54) is 25.0 Å². The highest BCUT2D eigenvalue weighted by molar-refractivity contribution is 5.85. The van der Waals surface area contributed by atoms with Crippen molar-refractivity contribution in [3.63, 3.8) is 0 Å². The Kier molecular flexibility index (Phi) is 6.57. The molecule has 2 saturated heterocycles. The van der Waals surface area contributed by atoms with E-state index < -0.39 is 4.92 Å². The number of amides is 1. The van der Waals surface area contributed by atoms with Gasteiger partial charge in [0.1, 0.15) is 0 Å². The molecule has 1 aromatic rings. The first-order valence-electron chi connectivity index (χ1n) is 8.38. The van der Waals surface area contributed by atoms with Gasteiger partial charge in [-0.15, -0.1) is 12.4 Å². The van der Waals surface area contributed by atoms with E-state index in [9.17, 15) is 14.9 Å². The number of nitrogens with zero attached hydrogens (tertiary/aromatic N) is 2. The maximum Gasteiger partial charge on any atom is 0.269 e. The molecule has 0 aliphatic carbocycles. The highest BCUT2D eigenvalue weighted by Gasteiger charge is 2.29. The topological polar surface area (TPSA) is 75.5 Å². The average molecular weight is 354 g/mol. The minimum absolute atomic E-state index is 0. The van der Waals surface area contributed by atoms with E-state index in [2.05, 4.69) is 5.32 Å². The summed E-state index contributed by atoms with van der Waals surface area (Å²) in [6.45, 7) is 2.73. The molecule has 0 bridgehead atoms. The lowest BCUT2D eigenvalue weighted by Crippen LogP contribution is -2.43. The van der Waals surface area contributed by atoms with E-state index in [1.807, 2.05) is 4.90 Å². The van der Waals surface area contributed by atoms with Gasteiger partial charge in [-0.1, -0.05) is 12.1 Å². The maximum absolute atomic E-state index is 12.4. The second-order valence-corrected chi connectivity index (χ2v) is 6.52. The number of piperidine rings is 1. The largest absolute Gasteiger partial charge is 0.342 e. The van der Waals surface area contributed by atoms with E-state index in [4.69, 9.17) is 0 Å². The molecule has 2 aliphatic rings. The van der Waals surface area contributed by atoms with Gasteiger partial charge >= 0.3 is 0 Å². The molecule has 0 spiro atoms. The fraction of sp³-hybridized carbons (Fsp3) is 0.588. The van der Waals surface area contributed by atoms with Crippen LogP contribution in [0.1, 0.15) is 31.2 Å². The molecular weight excluding hydrogens is 330 g/mol. The first-order chi connectivity index (χ1) is 11.1. The summed E-state index contributed by atoms with van der Waals surface area (Å²) in [6, 6.07) is 6.99. The minimum Gasteiger partial charge on any atom is -0.342 e. The van der Waals surface area contributed by atoms with Crippen LogP contribution in [0.2, 0.25) is 0 Å². The summed E-state index contributed by atoms with van der Waals surface area (Å²) >= 11 is 0. The van der Waals surface area contributed by atoms with E-state index >= 15 is 0 Å². The normalized spacial score (nSPS) is 21.3. The molecule has 0 aromatic heterocycles. The van der Waals surface area contributed by atoms with Crippen molar-refractivity contribution >= 4 is 24.0 Å². The number of nitrogens with one attached hydrogen (secondary N) is 1. The van der Waals surface area contributed by atoms with Crippen molar-refractivity contribution in [1.82, 2.24) is 10.2 Å². The van der Waals surface area contributed by atoms with Crippen LogP contribution in [0.25, 0.3) is 0 Å². The summed E-state index contributed by atoms with van der Waals surface area (Å²) in [5, 5.41) is 14.4. The number of hydrogen-bond acceptors (Lipinski definition) is 4. The molecular formula is C17H24ClN3O3. The molecule has 132 valence electrons. The van der Waals surface area contributed by atoms with Crippen molar-refractivity contribution in [2.75, 3.05) is 19.6 Å². The number of hydrogen-bond donors (Lipinski definition) is 1. The van der Waals surface area contributed by atoms with E-state index in [1.54, 1.807) is 12.1 Å². The van der Waals surface area contributed by atoms with Crippen molar-refractivity contribution in [2.24, 2.45) is 5.92 Å². The average Bonchev–Trinajstić information content (AvgIpc) is 3.09. The van der Waals surface area contributed by atoms with E-state index in [-0.39, 0.29) is 30.4 Å². The number of carbonyl (C=O) groups is 1. The minimum atomic E-state index is -0.423. The summed E-state index contributed by atoms with van der Waals surface area (Å²) < 4.78 is 0. The molecule has 1 atom stereocenters. The third-order valence-corrected chi connectivity index (χ3v) is 5.04. The van der Waals surface area contributed by atoms with Gasteiger partial charge in [-0.2, -0.15) is 0 Å². The SMILES string of the molecule is Cl.O=C(Cc1cccc([N+](=O)[O-])c1)N1CCC(C2CCCN2)CC1. The molecule has 1 aromatic carbocycles. The lowest BCUT2D eigenvalue weighted by atomic mass is 9.88. The van der Waals surface area contributed by atoms with Crippen LogP contribution in [-0.2, 0) is 11.2 Å². The van der Waals surface area contributed by atoms with Crippen LogP contribution in [0, 0.1) is 16.0 Å². The third-order valence-electron chi connectivity index (χ3n) is 5.04. The number of likely N-dealkylation sites (tertiary alicyclic amines) is 1. The Labute approximate surface area is 148 Å². The van der Waals surface area contributed by atoms with Crippen molar-refractivity contribution in [2.45, 2.75) is 38.1 Å². The highest BCUT2D eigenvalue weighted by Crippen LogP contribution is 2.26. The number of rotatable bonds is 4. The van der Waals surface area contributed by atoms with Crippen molar-refractivity contribution in [3.8, 4) is 0 Å².